The number of aromatic nitrogens is 3. The average Bonchev–Trinajstić information content (AvgIpc) is 3.27. The maximum Gasteiger partial charge on any atom is 0.264 e. The van der Waals surface area contributed by atoms with E-state index in [9.17, 15) is 18.4 Å². The fraction of sp³-hybridized carbons (Fsp3) is 0.588. The monoisotopic (exact) mass is 368 g/mol. The molecule has 3 heterocycles. The highest BCUT2D eigenvalue weighted by molar-refractivity contribution is 5.79. The third-order valence-electron chi connectivity index (χ3n) is 4.53. The van der Waals surface area contributed by atoms with Crippen molar-refractivity contribution in [2.24, 2.45) is 0 Å². The summed E-state index contributed by atoms with van der Waals surface area (Å²) in [6, 6.07) is 0.930. The molecule has 2 aromatic heterocycles. The van der Waals surface area contributed by atoms with Gasteiger partial charge in [-0.3, -0.25) is 18.8 Å². The Morgan fingerprint density at radius 2 is 2.31 bits per heavy atom. The second kappa shape index (κ2) is 7.94. The summed E-state index contributed by atoms with van der Waals surface area (Å²) in [4.78, 5) is 24.3. The van der Waals surface area contributed by atoms with Crippen molar-refractivity contribution in [2.75, 3.05) is 13.2 Å². The first-order chi connectivity index (χ1) is 12.5. The van der Waals surface area contributed by atoms with Gasteiger partial charge in [0.1, 0.15) is 0 Å². The van der Waals surface area contributed by atoms with Gasteiger partial charge < -0.3 is 10.1 Å². The van der Waals surface area contributed by atoms with Crippen LogP contribution in [0.4, 0.5) is 8.78 Å². The van der Waals surface area contributed by atoms with E-state index in [2.05, 4.69) is 10.4 Å². The van der Waals surface area contributed by atoms with Gasteiger partial charge in [-0.1, -0.05) is 0 Å². The first kappa shape index (κ1) is 18.5. The third kappa shape index (κ3) is 3.92. The van der Waals surface area contributed by atoms with Gasteiger partial charge >= 0.3 is 0 Å². The maximum absolute atomic E-state index is 13.2. The molecule has 3 rings (SSSR count). The van der Waals surface area contributed by atoms with E-state index in [4.69, 9.17) is 4.74 Å². The van der Waals surface area contributed by atoms with Crippen molar-refractivity contribution in [1.82, 2.24) is 19.7 Å². The molecular weight excluding hydrogens is 346 g/mol. The van der Waals surface area contributed by atoms with Crippen molar-refractivity contribution in [1.29, 1.82) is 0 Å². The number of ether oxygens (including phenoxy) is 1. The van der Waals surface area contributed by atoms with Gasteiger partial charge in [0, 0.05) is 55.9 Å². The van der Waals surface area contributed by atoms with E-state index in [-0.39, 0.29) is 41.6 Å². The van der Waals surface area contributed by atoms with Crippen LogP contribution in [-0.4, -0.2) is 39.5 Å². The summed E-state index contributed by atoms with van der Waals surface area (Å²) in [5, 5.41) is 7.24. The second-order valence-electron chi connectivity index (χ2n) is 6.30. The highest BCUT2D eigenvalue weighted by Crippen LogP contribution is 2.25. The zero-order valence-corrected chi connectivity index (χ0v) is 14.6. The van der Waals surface area contributed by atoms with Crippen LogP contribution in [-0.2, 0) is 22.6 Å². The minimum Gasteiger partial charge on any atom is -0.376 e. The van der Waals surface area contributed by atoms with Gasteiger partial charge in [-0.2, -0.15) is 5.10 Å². The Labute approximate surface area is 148 Å². The predicted octanol–water partition coefficient (Wildman–Crippen LogP) is 1.84. The van der Waals surface area contributed by atoms with Crippen LogP contribution in [0.1, 0.15) is 38.2 Å². The Bertz CT molecular complexity index is 840. The summed E-state index contributed by atoms with van der Waals surface area (Å²) in [7, 11) is 0. The van der Waals surface area contributed by atoms with E-state index in [1.807, 2.05) is 6.92 Å². The Morgan fingerprint density at radius 3 is 2.96 bits per heavy atom. The molecule has 7 nitrogen and oxygen atoms in total. The number of hydrogen-bond acceptors (Lipinski definition) is 4. The summed E-state index contributed by atoms with van der Waals surface area (Å²) in [5.74, 6) is -0.214. The van der Waals surface area contributed by atoms with Crippen molar-refractivity contribution in [3.63, 3.8) is 0 Å². The van der Waals surface area contributed by atoms with Gasteiger partial charge in [-0.15, -0.1) is 0 Å². The lowest BCUT2D eigenvalue weighted by molar-refractivity contribution is -0.121. The molecule has 0 unspecified atom stereocenters. The molecule has 0 aliphatic carbocycles. The lowest BCUT2D eigenvalue weighted by Crippen LogP contribution is -2.33. The van der Waals surface area contributed by atoms with Crippen LogP contribution >= 0.6 is 0 Å². The topological polar surface area (TPSA) is 78.2 Å². The molecule has 1 atom stereocenters. The number of nitrogens with one attached hydrogen (secondary N) is 1. The molecular formula is C17H22F2N4O3. The molecule has 1 saturated heterocycles. The third-order valence-corrected chi connectivity index (χ3v) is 4.53. The van der Waals surface area contributed by atoms with Crippen molar-refractivity contribution in [3.05, 3.63) is 28.2 Å². The number of amides is 1. The number of pyridine rings is 1. The summed E-state index contributed by atoms with van der Waals surface area (Å²) in [5.41, 5.74) is -0.730. The molecule has 0 bridgehead atoms. The normalized spacial score (nSPS) is 17.3. The van der Waals surface area contributed by atoms with Crippen LogP contribution in [0, 0.1) is 0 Å². The largest absolute Gasteiger partial charge is 0.376 e. The summed E-state index contributed by atoms with van der Waals surface area (Å²) < 4.78 is 34.7. The SMILES string of the molecule is CCn1cc2c(C(F)F)cc(=O)n(CCC(=O)NC[C@@H]3CCCO3)c2n1. The predicted molar refractivity (Wildman–Crippen MR) is 91.2 cm³/mol. The first-order valence-electron chi connectivity index (χ1n) is 8.77. The maximum atomic E-state index is 13.2. The number of hydrogen-bond donors (Lipinski definition) is 1. The molecule has 26 heavy (non-hydrogen) atoms. The van der Waals surface area contributed by atoms with E-state index in [0.29, 0.717) is 19.7 Å². The molecule has 0 aromatic carbocycles. The van der Waals surface area contributed by atoms with Gasteiger partial charge in [-0.05, 0) is 19.8 Å². The fourth-order valence-electron chi connectivity index (χ4n) is 3.10. The number of carbonyl (C=O) groups is 1. The highest BCUT2D eigenvalue weighted by atomic mass is 19.3. The van der Waals surface area contributed by atoms with E-state index < -0.39 is 12.0 Å². The number of rotatable bonds is 7. The molecule has 1 fully saturated rings. The van der Waals surface area contributed by atoms with E-state index in [1.165, 1.54) is 15.4 Å². The van der Waals surface area contributed by atoms with Gasteiger partial charge in [-0.25, -0.2) is 8.78 Å². The lowest BCUT2D eigenvalue weighted by atomic mass is 10.2. The summed E-state index contributed by atoms with van der Waals surface area (Å²) in [6.07, 6.45) is 0.760. The number of fused-ring (bicyclic) bond motifs is 1. The van der Waals surface area contributed by atoms with Gasteiger partial charge in [0.25, 0.3) is 12.0 Å². The highest BCUT2D eigenvalue weighted by Gasteiger charge is 2.20. The minimum atomic E-state index is -2.76. The zero-order chi connectivity index (χ0) is 18.7. The van der Waals surface area contributed by atoms with E-state index in [1.54, 1.807) is 0 Å². The van der Waals surface area contributed by atoms with Crippen molar-refractivity contribution >= 4 is 16.9 Å². The smallest absolute Gasteiger partial charge is 0.264 e. The quantitative estimate of drug-likeness (QED) is 0.809. The van der Waals surface area contributed by atoms with Gasteiger partial charge in [0.2, 0.25) is 5.91 Å². The Hall–Kier alpha value is -2.29. The molecule has 0 spiro atoms. The number of alkyl halides is 2. The fourth-order valence-corrected chi connectivity index (χ4v) is 3.10. The van der Waals surface area contributed by atoms with Crippen LogP contribution in [0.5, 0.6) is 0 Å². The first-order valence-corrected chi connectivity index (χ1v) is 8.77. The molecule has 1 aliphatic heterocycles. The molecule has 0 radical (unpaired) electrons. The molecule has 1 N–H and O–H groups in total. The number of carbonyl (C=O) groups excluding carboxylic acids is 1. The molecule has 9 heteroatoms. The Kier molecular flexibility index (Phi) is 5.65. The Balaban J connectivity index is 1.75. The number of nitrogens with zero attached hydrogens (tertiary/aromatic N) is 3. The summed E-state index contributed by atoms with van der Waals surface area (Å²) >= 11 is 0. The van der Waals surface area contributed by atoms with Crippen LogP contribution in [0.3, 0.4) is 0 Å². The number of halogens is 2. The average molecular weight is 368 g/mol. The molecule has 1 amide bonds. The lowest BCUT2D eigenvalue weighted by Gasteiger charge is -2.12. The summed E-state index contributed by atoms with van der Waals surface area (Å²) in [6.45, 7) is 3.56. The second-order valence-corrected chi connectivity index (χ2v) is 6.30. The van der Waals surface area contributed by atoms with Crippen molar-refractivity contribution < 1.29 is 18.3 Å². The van der Waals surface area contributed by atoms with E-state index in [0.717, 1.165) is 18.9 Å². The Morgan fingerprint density at radius 1 is 1.50 bits per heavy atom. The van der Waals surface area contributed by atoms with E-state index >= 15 is 0 Å². The van der Waals surface area contributed by atoms with Crippen molar-refractivity contribution in [2.45, 2.75) is 51.8 Å². The zero-order valence-electron chi connectivity index (χ0n) is 14.6. The van der Waals surface area contributed by atoms with Gasteiger partial charge in [0.15, 0.2) is 5.65 Å². The van der Waals surface area contributed by atoms with Gasteiger partial charge in [0.05, 0.1) is 6.10 Å². The molecule has 2 aromatic rings. The number of aryl methyl sites for hydroxylation is 2. The van der Waals surface area contributed by atoms with Crippen molar-refractivity contribution in [3.8, 4) is 0 Å². The molecule has 0 saturated carbocycles. The molecule has 142 valence electrons. The minimum absolute atomic E-state index is 0.0407. The van der Waals surface area contributed by atoms with Crippen LogP contribution in [0.15, 0.2) is 17.1 Å². The molecule has 1 aliphatic rings. The standard InChI is InChI=1S/C17H22F2N4O3/c1-2-22-10-13-12(16(18)19)8-15(25)23(17(13)21-22)6-5-14(24)20-9-11-4-3-7-26-11/h8,10-11,16H,2-7,9H2,1H3,(H,20,24)/t11-/m0/s1. The van der Waals surface area contributed by atoms with Crippen LogP contribution in [0.25, 0.3) is 11.0 Å². The van der Waals surface area contributed by atoms with Crippen LogP contribution < -0.4 is 10.9 Å². The van der Waals surface area contributed by atoms with Crippen LogP contribution in [0.2, 0.25) is 0 Å².